The quantitative estimate of drug-likeness (QED) is 0.811. The van der Waals surface area contributed by atoms with Crippen molar-refractivity contribution in [2.45, 2.75) is 57.8 Å². The largest absolute Gasteiger partial charge is 0.425 e. The zero-order chi connectivity index (χ0) is 21.9. The number of allylic oxidation sites excluding steroid dienone is 1. The van der Waals surface area contributed by atoms with Crippen LogP contribution < -0.4 is 5.32 Å². The number of carbonyl (C=O) groups is 3. The van der Waals surface area contributed by atoms with E-state index in [4.69, 9.17) is 0 Å². The number of hydrogen-bond acceptors (Lipinski definition) is 3. The van der Waals surface area contributed by atoms with Gasteiger partial charge in [-0.15, -0.1) is 0 Å². The van der Waals surface area contributed by atoms with Crippen molar-refractivity contribution in [2.75, 3.05) is 0 Å². The molecule has 0 bridgehead atoms. The lowest BCUT2D eigenvalue weighted by Crippen LogP contribution is -2.66. The van der Waals surface area contributed by atoms with Crippen molar-refractivity contribution in [3.8, 4) is 0 Å². The Bertz CT molecular complexity index is 948. The van der Waals surface area contributed by atoms with Crippen molar-refractivity contribution >= 4 is 17.6 Å². The van der Waals surface area contributed by atoms with Crippen molar-refractivity contribution in [3.63, 3.8) is 0 Å². The molecule has 2 aliphatic carbocycles. The number of amides is 2. The molecule has 0 saturated heterocycles. The number of benzene rings is 1. The summed E-state index contributed by atoms with van der Waals surface area (Å²) >= 11 is 0. The predicted octanol–water partition coefficient (Wildman–Crippen LogP) is 3.50. The minimum Gasteiger partial charge on any atom is -0.330 e. The van der Waals surface area contributed by atoms with Crippen LogP contribution in [0.25, 0.3) is 0 Å². The third-order valence-electron chi connectivity index (χ3n) is 5.99. The zero-order valence-corrected chi connectivity index (χ0v) is 16.8. The Kier molecular flexibility index (Phi) is 4.60. The second-order valence-electron chi connectivity index (χ2n) is 9.15. The molecule has 0 aromatic heterocycles. The predicted molar refractivity (Wildman–Crippen MR) is 102 cm³/mol. The Labute approximate surface area is 172 Å². The highest BCUT2D eigenvalue weighted by Gasteiger charge is 2.71. The average molecular weight is 420 g/mol. The summed E-state index contributed by atoms with van der Waals surface area (Å²) in [7, 11) is 0. The van der Waals surface area contributed by atoms with E-state index in [0.717, 1.165) is 4.90 Å². The van der Waals surface area contributed by atoms with E-state index in [1.807, 2.05) is 5.32 Å². The fourth-order valence-corrected chi connectivity index (χ4v) is 4.39. The third-order valence-corrected chi connectivity index (χ3v) is 5.99. The molecule has 160 valence electrons. The summed E-state index contributed by atoms with van der Waals surface area (Å²) in [5.74, 6) is -3.41. The molecule has 3 aliphatic rings. The number of alkyl halides is 3. The number of carbonyl (C=O) groups excluding carboxylic acids is 3. The molecule has 1 heterocycles. The molecule has 5 nitrogen and oxygen atoms in total. The van der Waals surface area contributed by atoms with Crippen molar-refractivity contribution < 1.29 is 27.6 Å². The first-order valence-electron chi connectivity index (χ1n) is 9.98. The Morgan fingerprint density at radius 2 is 1.77 bits per heavy atom. The van der Waals surface area contributed by atoms with Gasteiger partial charge in [-0.05, 0) is 30.2 Å². The summed E-state index contributed by atoms with van der Waals surface area (Å²) in [5, 5.41) is 1.98. The average Bonchev–Trinajstić information content (AvgIpc) is 3.45. The van der Waals surface area contributed by atoms with E-state index in [0.29, 0.717) is 18.4 Å². The molecule has 8 heteroatoms. The van der Waals surface area contributed by atoms with Gasteiger partial charge in [0.25, 0.3) is 5.91 Å². The maximum absolute atomic E-state index is 14.5. The van der Waals surface area contributed by atoms with E-state index in [2.05, 4.69) is 0 Å². The van der Waals surface area contributed by atoms with Gasteiger partial charge in [-0.25, -0.2) is 0 Å². The molecule has 1 aromatic rings. The van der Waals surface area contributed by atoms with Gasteiger partial charge in [0.15, 0.2) is 5.78 Å². The smallest absolute Gasteiger partial charge is 0.330 e. The van der Waals surface area contributed by atoms with E-state index >= 15 is 0 Å². The molecule has 1 atom stereocenters. The number of rotatable bonds is 4. The van der Waals surface area contributed by atoms with E-state index in [1.54, 1.807) is 44.2 Å². The number of nitrogens with zero attached hydrogens (tertiary/aromatic N) is 1. The minimum absolute atomic E-state index is 0.0681. The third kappa shape index (κ3) is 3.22. The lowest BCUT2D eigenvalue weighted by Gasteiger charge is -2.35. The van der Waals surface area contributed by atoms with Gasteiger partial charge in [0.2, 0.25) is 11.4 Å². The highest BCUT2D eigenvalue weighted by atomic mass is 19.4. The van der Waals surface area contributed by atoms with Crippen LogP contribution in [0.2, 0.25) is 0 Å². The summed E-state index contributed by atoms with van der Waals surface area (Å²) in [5.41, 5.74) is -3.81. The van der Waals surface area contributed by atoms with Crippen LogP contribution in [0, 0.1) is 11.3 Å². The minimum atomic E-state index is -5.14. The van der Waals surface area contributed by atoms with Gasteiger partial charge < -0.3 is 10.2 Å². The standard InChI is InChI=1S/C22H23F3N2O3/c1-20(2)10-15-17(16(28)11-20)21(22(23,24)25,26-18(29)14-8-9-14)19(30)27(15)12-13-6-4-3-5-7-13/h3-7,14H,8-12H2,1-2H3,(H,26,29)/t21-/m0/s1. The van der Waals surface area contributed by atoms with Gasteiger partial charge in [0.05, 0.1) is 12.1 Å². The van der Waals surface area contributed by atoms with Crippen molar-refractivity contribution in [1.29, 1.82) is 0 Å². The first-order valence-corrected chi connectivity index (χ1v) is 9.98. The Balaban J connectivity index is 1.86. The van der Waals surface area contributed by atoms with Gasteiger partial charge in [-0.3, -0.25) is 14.4 Å². The fraction of sp³-hybridized carbons (Fsp3) is 0.500. The number of Topliss-reactive ketones (excluding diaryl/α,β-unsaturated/α-hetero) is 1. The van der Waals surface area contributed by atoms with Crippen LogP contribution in [0.4, 0.5) is 13.2 Å². The van der Waals surface area contributed by atoms with Crippen LogP contribution in [0.5, 0.6) is 0 Å². The van der Waals surface area contributed by atoms with Gasteiger partial charge >= 0.3 is 6.18 Å². The molecule has 1 fully saturated rings. The van der Waals surface area contributed by atoms with Crippen LogP contribution in [0.15, 0.2) is 41.6 Å². The lowest BCUT2D eigenvalue weighted by atomic mass is 9.72. The fourth-order valence-electron chi connectivity index (χ4n) is 4.39. The summed E-state index contributed by atoms with van der Waals surface area (Å²) in [6.45, 7) is 3.48. The molecule has 1 aromatic carbocycles. The SMILES string of the molecule is CC1(C)CC(=O)C2=C(C1)N(Cc1ccccc1)C(=O)[C@]2(NC(=O)C1CC1)C(F)(F)F. The Morgan fingerprint density at radius 1 is 1.13 bits per heavy atom. The normalized spacial score (nSPS) is 26.1. The number of nitrogens with one attached hydrogen (secondary N) is 1. The number of halogens is 3. The molecular weight excluding hydrogens is 397 g/mol. The number of hydrogen-bond donors (Lipinski definition) is 1. The van der Waals surface area contributed by atoms with E-state index in [1.165, 1.54) is 0 Å². The molecule has 1 aliphatic heterocycles. The molecular formula is C22H23F3N2O3. The lowest BCUT2D eigenvalue weighted by molar-refractivity contribution is -0.195. The molecule has 1 N–H and O–H groups in total. The van der Waals surface area contributed by atoms with Crippen molar-refractivity contribution in [3.05, 3.63) is 47.2 Å². The van der Waals surface area contributed by atoms with Gasteiger partial charge in [0.1, 0.15) is 0 Å². The Hall–Kier alpha value is -2.64. The van der Waals surface area contributed by atoms with Crippen molar-refractivity contribution in [2.24, 2.45) is 11.3 Å². The van der Waals surface area contributed by atoms with Crippen LogP contribution >= 0.6 is 0 Å². The van der Waals surface area contributed by atoms with E-state index in [9.17, 15) is 27.6 Å². The van der Waals surface area contributed by atoms with Crippen LogP contribution in [-0.4, -0.2) is 34.2 Å². The monoisotopic (exact) mass is 420 g/mol. The Morgan fingerprint density at radius 3 is 2.33 bits per heavy atom. The number of ketones is 1. The first-order chi connectivity index (χ1) is 14.0. The molecule has 1 saturated carbocycles. The van der Waals surface area contributed by atoms with Gasteiger partial charge in [0, 0.05) is 18.0 Å². The summed E-state index contributed by atoms with van der Waals surface area (Å²) < 4.78 is 43.5. The second-order valence-corrected chi connectivity index (χ2v) is 9.15. The van der Waals surface area contributed by atoms with E-state index < -0.39 is 46.2 Å². The van der Waals surface area contributed by atoms with E-state index in [-0.39, 0.29) is 25.1 Å². The maximum atomic E-state index is 14.5. The van der Waals surface area contributed by atoms with Gasteiger partial charge in [-0.2, -0.15) is 13.2 Å². The van der Waals surface area contributed by atoms with Crippen LogP contribution in [0.3, 0.4) is 0 Å². The zero-order valence-electron chi connectivity index (χ0n) is 16.8. The summed E-state index contributed by atoms with van der Waals surface area (Å²) in [6.07, 6.45) is -4.15. The highest BCUT2D eigenvalue weighted by molar-refractivity contribution is 6.13. The molecule has 30 heavy (non-hydrogen) atoms. The molecule has 0 unspecified atom stereocenters. The van der Waals surface area contributed by atoms with Crippen LogP contribution in [0.1, 0.15) is 45.1 Å². The maximum Gasteiger partial charge on any atom is 0.425 e. The topological polar surface area (TPSA) is 66.5 Å². The second kappa shape index (κ2) is 6.68. The van der Waals surface area contributed by atoms with Gasteiger partial charge in [-0.1, -0.05) is 44.2 Å². The molecule has 4 rings (SSSR count). The van der Waals surface area contributed by atoms with Crippen LogP contribution in [-0.2, 0) is 20.9 Å². The molecule has 0 spiro atoms. The van der Waals surface area contributed by atoms with Crippen molar-refractivity contribution in [1.82, 2.24) is 10.2 Å². The molecule has 0 radical (unpaired) electrons. The summed E-state index contributed by atoms with van der Waals surface area (Å²) in [6, 6.07) is 8.64. The highest BCUT2D eigenvalue weighted by Crippen LogP contribution is 2.52. The first kappa shape index (κ1) is 20.6. The molecule has 2 amide bonds. The summed E-state index contributed by atoms with van der Waals surface area (Å²) in [4.78, 5) is 39.8.